The second kappa shape index (κ2) is 35.4. The molecule has 0 bridgehead atoms. The topological polar surface area (TPSA) is 65.1 Å². The van der Waals surface area contributed by atoms with Crippen molar-refractivity contribution in [2.75, 3.05) is 47.1 Å². The second-order valence-electron chi connectivity index (χ2n) is 12.9. The first-order valence-electron chi connectivity index (χ1n) is 18.8. The Labute approximate surface area is 279 Å². The maximum absolute atomic E-state index is 12.1. The number of allylic oxidation sites excluding steroid dienone is 3. The molecule has 0 heterocycles. The summed E-state index contributed by atoms with van der Waals surface area (Å²) >= 11 is 0. The largest absolute Gasteiger partial charge is 0.461 e. The van der Waals surface area contributed by atoms with Gasteiger partial charge >= 0.3 is 5.97 Å². The number of nitrogens with zero attached hydrogens (tertiary/aromatic N) is 1. The number of unbranched alkanes of at least 4 members (excludes halogenated alkanes) is 14. The van der Waals surface area contributed by atoms with Gasteiger partial charge in [-0.15, -0.1) is 0 Å². The van der Waals surface area contributed by atoms with Crippen LogP contribution < -0.4 is 0 Å². The highest BCUT2D eigenvalue weighted by atomic mass is 16.5. The Morgan fingerprint density at radius 1 is 0.600 bits per heavy atom. The normalized spacial score (nSPS) is 12.6. The zero-order valence-corrected chi connectivity index (χ0v) is 30.2. The van der Waals surface area contributed by atoms with Crippen molar-refractivity contribution in [1.82, 2.24) is 4.90 Å². The molecule has 6 nitrogen and oxygen atoms in total. The number of hydrogen-bond donors (Lipinski definition) is 0. The number of rotatable bonds is 35. The third-order valence-electron chi connectivity index (χ3n) is 7.99. The van der Waals surface area contributed by atoms with Crippen LogP contribution in [0.15, 0.2) is 24.3 Å². The van der Waals surface area contributed by atoms with Crippen LogP contribution in [0.25, 0.3) is 0 Å². The molecule has 0 spiro atoms. The molecule has 6 heteroatoms. The lowest BCUT2D eigenvalue weighted by Crippen LogP contribution is -2.30. The molecule has 1 unspecified atom stereocenters. The van der Waals surface area contributed by atoms with Crippen molar-refractivity contribution in [1.29, 1.82) is 0 Å². The van der Waals surface area contributed by atoms with E-state index in [1.54, 1.807) is 0 Å². The molecule has 0 aromatic carbocycles. The molecular formula is C39H73NO5. The third kappa shape index (κ3) is 35.2. The summed E-state index contributed by atoms with van der Waals surface area (Å²) in [6.07, 6.45) is 33.2. The molecule has 0 aliphatic heterocycles. The van der Waals surface area contributed by atoms with E-state index in [4.69, 9.17) is 14.2 Å². The van der Waals surface area contributed by atoms with Crippen LogP contribution in [0.1, 0.15) is 162 Å². The first-order valence-corrected chi connectivity index (χ1v) is 18.8. The number of Topliss-reactive ketones (excluding diaryl/α,β-unsaturated/α-hetero) is 1. The number of ketones is 1. The van der Waals surface area contributed by atoms with Crippen molar-refractivity contribution in [2.45, 2.75) is 168 Å². The molecule has 0 radical (unpaired) electrons. The van der Waals surface area contributed by atoms with Gasteiger partial charge in [0.25, 0.3) is 0 Å². The van der Waals surface area contributed by atoms with E-state index < -0.39 is 0 Å². The van der Waals surface area contributed by atoms with E-state index in [2.05, 4.69) is 51.1 Å². The summed E-state index contributed by atoms with van der Waals surface area (Å²) < 4.78 is 17.4. The highest BCUT2D eigenvalue weighted by molar-refractivity contribution is 5.78. The molecule has 0 aliphatic carbocycles. The number of carbonyl (C=O) groups is 2. The Morgan fingerprint density at radius 3 is 1.84 bits per heavy atom. The minimum atomic E-state index is -0.0924. The lowest BCUT2D eigenvalue weighted by atomic mass is 10.1. The van der Waals surface area contributed by atoms with Crippen LogP contribution in [0, 0.1) is 0 Å². The van der Waals surface area contributed by atoms with Gasteiger partial charge in [-0.05, 0) is 78.3 Å². The van der Waals surface area contributed by atoms with Gasteiger partial charge in [-0.2, -0.15) is 0 Å². The molecule has 0 saturated heterocycles. The molecule has 0 N–H and O–H groups in total. The van der Waals surface area contributed by atoms with E-state index in [-0.39, 0.29) is 12.1 Å². The summed E-state index contributed by atoms with van der Waals surface area (Å²) in [5.74, 6) is 0.311. The average Bonchev–Trinajstić information content (AvgIpc) is 3.01. The summed E-state index contributed by atoms with van der Waals surface area (Å²) in [5, 5.41) is 0. The first kappa shape index (κ1) is 43.5. The van der Waals surface area contributed by atoms with Crippen molar-refractivity contribution < 1.29 is 23.8 Å². The van der Waals surface area contributed by atoms with E-state index in [1.165, 1.54) is 51.4 Å². The minimum Gasteiger partial charge on any atom is -0.461 e. The Balaban J connectivity index is 3.68. The predicted octanol–water partition coefficient (Wildman–Crippen LogP) is 10.2. The monoisotopic (exact) mass is 636 g/mol. The molecule has 0 aromatic heterocycles. The maximum atomic E-state index is 12.1. The number of likely N-dealkylation sites (N-methyl/N-ethyl adjacent to an activating group) is 1. The van der Waals surface area contributed by atoms with Crippen LogP contribution in [-0.2, 0) is 23.8 Å². The van der Waals surface area contributed by atoms with Gasteiger partial charge in [-0.25, -0.2) is 0 Å². The van der Waals surface area contributed by atoms with Crippen molar-refractivity contribution in [3.8, 4) is 0 Å². The fraction of sp³-hybridized carbons (Fsp3) is 0.846. The van der Waals surface area contributed by atoms with Crippen LogP contribution >= 0.6 is 0 Å². The third-order valence-corrected chi connectivity index (χ3v) is 7.99. The minimum absolute atomic E-state index is 0.0924. The molecule has 1 atom stereocenters. The highest BCUT2D eigenvalue weighted by Crippen LogP contribution is 2.10. The number of hydrogen-bond acceptors (Lipinski definition) is 6. The number of carbonyl (C=O) groups excluding carboxylic acids is 2. The summed E-state index contributed by atoms with van der Waals surface area (Å²) in [4.78, 5) is 26.2. The quantitative estimate of drug-likeness (QED) is 0.0392. The van der Waals surface area contributed by atoms with Gasteiger partial charge in [0.15, 0.2) is 0 Å². The molecular weight excluding hydrogens is 562 g/mol. The van der Waals surface area contributed by atoms with Crippen LogP contribution in [0.5, 0.6) is 0 Å². The molecule has 0 rings (SSSR count). The Hall–Kier alpha value is -1.50. The Kier molecular flexibility index (Phi) is 34.2. The zero-order chi connectivity index (χ0) is 33.1. The zero-order valence-electron chi connectivity index (χ0n) is 30.2. The van der Waals surface area contributed by atoms with E-state index in [1.807, 2.05) is 6.08 Å². The van der Waals surface area contributed by atoms with E-state index in [0.717, 1.165) is 110 Å². The Morgan fingerprint density at radius 2 is 1.18 bits per heavy atom. The van der Waals surface area contributed by atoms with Gasteiger partial charge < -0.3 is 19.1 Å². The molecule has 0 aromatic rings. The van der Waals surface area contributed by atoms with Crippen molar-refractivity contribution >= 4 is 11.8 Å². The van der Waals surface area contributed by atoms with Crippen molar-refractivity contribution in [3.63, 3.8) is 0 Å². The summed E-state index contributed by atoms with van der Waals surface area (Å²) in [6, 6.07) is 0. The molecule has 264 valence electrons. The summed E-state index contributed by atoms with van der Waals surface area (Å²) in [5.41, 5.74) is 0. The fourth-order valence-corrected chi connectivity index (χ4v) is 5.19. The molecule has 0 saturated carbocycles. The van der Waals surface area contributed by atoms with Crippen LogP contribution in [0.3, 0.4) is 0 Å². The van der Waals surface area contributed by atoms with E-state index in [9.17, 15) is 9.59 Å². The SMILES string of the molecule is CCCCCCC=CCCC(=O)CCCCCCOCCC(CN(C)C)OCCCCCCC(=O)OCC=CCCCCCC. The van der Waals surface area contributed by atoms with Gasteiger partial charge in [0.2, 0.25) is 0 Å². The fourth-order valence-electron chi connectivity index (χ4n) is 5.19. The molecule has 0 fully saturated rings. The lowest BCUT2D eigenvalue weighted by molar-refractivity contribution is -0.142. The molecule has 0 amide bonds. The second-order valence-corrected chi connectivity index (χ2v) is 12.9. The van der Waals surface area contributed by atoms with Gasteiger partial charge in [-0.3, -0.25) is 9.59 Å². The van der Waals surface area contributed by atoms with Crippen molar-refractivity contribution in [3.05, 3.63) is 24.3 Å². The predicted molar refractivity (Wildman–Crippen MR) is 191 cm³/mol. The van der Waals surface area contributed by atoms with Crippen LogP contribution in [0.4, 0.5) is 0 Å². The summed E-state index contributed by atoms with van der Waals surface area (Å²) in [6.45, 7) is 8.00. The molecule has 0 aliphatic rings. The molecule has 45 heavy (non-hydrogen) atoms. The smallest absolute Gasteiger partial charge is 0.306 e. The summed E-state index contributed by atoms with van der Waals surface area (Å²) in [7, 11) is 4.16. The first-order chi connectivity index (χ1) is 22.0. The highest BCUT2D eigenvalue weighted by Gasteiger charge is 2.11. The van der Waals surface area contributed by atoms with E-state index in [0.29, 0.717) is 25.2 Å². The average molecular weight is 636 g/mol. The standard InChI is InChI=1S/C39H73NO5/c1-5-7-9-11-13-14-16-22-28-37(41)29-23-17-20-25-32-43-35-31-38(36-40(3)4)44-33-26-21-18-24-30-39(42)45-34-27-19-15-12-10-8-6-2/h14,16,19,27,38H,5-13,15,17-18,20-26,28-36H2,1-4H3. The van der Waals surface area contributed by atoms with Gasteiger partial charge in [0.1, 0.15) is 12.4 Å². The maximum Gasteiger partial charge on any atom is 0.306 e. The lowest BCUT2D eigenvalue weighted by Gasteiger charge is -2.21. The number of ether oxygens (including phenoxy) is 3. The van der Waals surface area contributed by atoms with Gasteiger partial charge in [0.05, 0.1) is 6.10 Å². The van der Waals surface area contributed by atoms with Gasteiger partial charge in [0, 0.05) is 45.6 Å². The number of esters is 1. The van der Waals surface area contributed by atoms with E-state index >= 15 is 0 Å². The Bertz CT molecular complexity index is 706. The van der Waals surface area contributed by atoms with Crippen LogP contribution in [-0.4, -0.2) is 69.8 Å². The van der Waals surface area contributed by atoms with Crippen molar-refractivity contribution in [2.24, 2.45) is 0 Å². The van der Waals surface area contributed by atoms with Gasteiger partial charge in [-0.1, -0.05) is 102 Å². The van der Waals surface area contributed by atoms with Crippen LogP contribution in [0.2, 0.25) is 0 Å².